The average molecular weight is 410 g/mol. The zero-order chi connectivity index (χ0) is 20.3. The van der Waals surface area contributed by atoms with Gasteiger partial charge >= 0.3 is 0 Å². The van der Waals surface area contributed by atoms with Crippen molar-refractivity contribution in [1.29, 1.82) is 0 Å². The summed E-state index contributed by atoms with van der Waals surface area (Å²) in [5.74, 6) is 0.602. The standard InChI is InChI=1S/C25H19N3OS/c1-2-17-10-12-18(13-11-17)21-16-30-25(27-21)20-15-19-7-3-4-8-22(19)29-24(20)28-23-9-5-6-14-26-23/h3-16H,2H2,1H3/b28-24-. The van der Waals surface area contributed by atoms with Crippen molar-refractivity contribution in [3.8, 4) is 21.8 Å². The van der Waals surface area contributed by atoms with Crippen LogP contribution in [0.5, 0.6) is 0 Å². The maximum atomic E-state index is 6.16. The summed E-state index contributed by atoms with van der Waals surface area (Å²) in [5, 5.41) is 3.96. The highest BCUT2D eigenvalue weighted by Gasteiger charge is 2.12. The lowest BCUT2D eigenvalue weighted by Gasteiger charge is -2.03. The highest BCUT2D eigenvalue weighted by molar-refractivity contribution is 7.13. The minimum absolute atomic E-state index is 0.509. The molecule has 5 heteroatoms. The Labute approximate surface area is 178 Å². The summed E-state index contributed by atoms with van der Waals surface area (Å²) in [6.45, 7) is 2.16. The van der Waals surface area contributed by atoms with E-state index in [4.69, 9.17) is 9.40 Å². The van der Waals surface area contributed by atoms with Gasteiger partial charge in [0.2, 0.25) is 5.55 Å². The van der Waals surface area contributed by atoms with Gasteiger partial charge in [0.15, 0.2) is 5.82 Å². The van der Waals surface area contributed by atoms with E-state index in [1.54, 1.807) is 17.5 Å². The van der Waals surface area contributed by atoms with Gasteiger partial charge in [-0.1, -0.05) is 55.5 Å². The molecule has 0 amide bonds. The van der Waals surface area contributed by atoms with Gasteiger partial charge in [0.25, 0.3) is 0 Å². The Morgan fingerprint density at radius 1 is 0.967 bits per heavy atom. The number of para-hydroxylation sites is 1. The van der Waals surface area contributed by atoms with Crippen molar-refractivity contribution in [2.75, 3.05) is 0 Å². The van der Waals surface area contributed by atoms with Crippen molar-refractivity contribution >= 4 is 28.1 Å². The van der Waals surface area contributed by atoms with Crippen molar-refractivity contribution < 1.29 is 4.42 Å². The molecule has 5 rings (SSSR count). The van der Waals surface area contributed by atoms with Crippen LogP contribution >= 0.6 is 11.3 Å². The zero-order valence-corrected chi connectivity index (χ0v) is 17.3. The first-order valence-electron chi connectivity index (χ1n) is 9.84. The van der Waals surface area contributed by atoms with E-state index in [-0.39, 0.29) is 0 Å². The van der Waals surface area contributed by atoms with Crippen LogP contribution in [0.25, 0.3) is 32.8 Å². The number of pyridine rings is 1. The molecule has 0 aliphatic rings. The third-order valence-corrected chi connectivity index (χ3v) is 5.79. The molecular formula is C25H19N3OS. The molecule has 0 N–H and O–H groups in total. The lowest BCUT2D eigenvalue weighted by molar-refractivity contribution is 0.547. The van der Waals surface area contributed by atoms with E-state index < -0.39 is 0 Å². The predicted molar refractivity (Wildman–Crippen MR) is 122 cm³/mol. The first-order chi connectivity index (χ1) is 14.8. The molecule has 0 saturated carbocycles. The van der Waals surface area contributed by atoms with E-state index >= 15 is 0 Å². The quantitative estimate of drug-likeness (QED) is 0.344. The minimum atomic E-state index is 0.509. The molecule has 0 spiro atoms. The average Bonchev–Trinajstić information content (AvgIpc) is 3.29. The van der Waals surface area contributed by atoms with Crippen LogP contribution in [0, 0.1) is 0 Å². The predicted octanol–water partition coefficient (Wildman–Crippen LogP) is 6.41. The fraction of sp³-hybridized carbons (Fsp3) is 0.0800. The molecule has 0 fully saturated rings. The summed E-state index contributed by atoms with van der Waals surface area (Å²) >= 11 is 1.59. The number of hydrogen-bond acceptors (Lipinski definition) is 5. The Morgan fingerprint density at radius 2 is 1.80 bits per heavy atom. The summed E-state index contributed by atoms with van der Waals surface area (Å²) in [6, 6.07) is 24.2. The summed E-state index contributed by atoms with van der Waals surface area (Å²) in [6.07, 6.45) is 2.75. The Bertz CT molecular complexity index is 1370. The fourth-order valence-electron chi connectivity index (χ4n) is 3.27. The van der Waals surface area contributed by atoms with Crippen LogP contribution in [-0.2, 0) is 6.42 Å². The van der Waals surface area contributed by atoms with Crippen molar-refractivity contribution in [2.24, 2.45) is 4.99 Å². The van der Waals surface area contributed by atoms with Crippen LogP contribution < -0.4 is 5.55 Å². The summed E-state index contributed by atoms with van der Waals surface area (Å²) < 4.78 is 6.16. The second-order valence-corrected chi connectivity index (χ2v) is 7.75. The number of benzene rings is 2. The van der Waals surface area contributed by atoms with Crippen LogP contribution in [0.3, 0.4) is 0 Å². The van der Waals surface area contributed by atoms with Crippen molar-refractivity contribution in [3.63, 3.8) is 0 Å². The SMILES string of the molecule is CCc1ccc(-c2csc(-c3cc4ccccc4o/c3=N\c3ccccn3)n2)cc1. The normalized spacial score (nSPS) is 11.8. The molecule has 0 atom stereocenters. The van der Waals surface area contributed by atoms with Gasteiger partial charge in [0.05, 0.1) is 11.3 Å². The fourth-order valence-corrected chi connectivity index (χ4v) is 4.11. The van der Waals surface area contributed by atoms with Gasteiger partial charge in [-0.2, -0.15) is 4.99 Å². The maximum absolute atomic E-state index is 6.16. The van der Waals surface area contributed by atoms with Gasteiger partial charge in [-0.3, -0.25) is 0 Å². The molecule has 0 bridgehead atoms. The highest BCUT2D eigenvalue weighted by Crippen LogP contribution is 2.29. The Hall–Kier alpha value is -3.57. The van der Waals surface area contributed by atoms with Crippen molar-refractivity contribution in [3.05, 3.63) is 95.5 Å². The number of fused-ring (bicyclic) bond motifs is 1. The molecular weight excluding hydrogens is 390 g/mol. The molecule has 146 valence electrons. The molecule has 3 aromatic heterocycles. The second-order valence-electron chi connectivity index (χ2n) is 6.89. The van der Waals surface area contributed by atoms with Crippen LogP contribution in [0.4, 0.5) is 5.82 Å². The number of nitrogens with zero attached hydrogens (tertiary/aromatic N) is 3. The number of thiazole rings is 1. The zero-order valence-electron chi connectivity index (χ0n) is 16.4. The van der Waals surface area contributed by atoms with Crippen molar-refractivity contribution in [1.82, 2.24) is 9.97 Å². The van der Waals surface area contributed by atoms with Crippen LogP contribution in [-0.4, -0.2) is 9.97 Å². The molecule has 4 nitrogen and oxygen atoms in total. The molecule has 30 heavy (non-hydrogen) atoms. The van der Waals surface area contributed by atoms with Gasteiger partial charge in [-0.15, -0.1) is 11.3 Å². The summed E-state index contributed by atoms with van der Waals surface area (Å²) in [5.41, 5.74) is 5.53. The molecule has 5 aromatic rings. The third-order valence-electron chi connectivity index (χ3n) is 4.91. The number of rotatable bonds is 4. The first-order valence-corrected chi connectivity index (χ1v) is 10.7. The topological polar surface area (TPSA) is 51.3 Å². The molecule has 0 aliphatic heterocycles. The van der Waals surface area contributed by atoms with Gasteiger partial charge in [0.1, 0.15) is 10.6 Å². The highest BCUT2D eigenvalue weighted by atomic mass is 32.1. The van der Waals surface area contributed by atoms with Gasteiger partial charge < -0.3 is 4.42 Å². The maximum Gasteiger partial charge on any atom is 0.231 e. The Kier molecular flexibility index (Phi) is 4.95. The van der Waals surface area contributed by atoms with E-state index in [9.17, 15) is 0 Å². The van der Waals surface area contributed by atoms with Crippen LogP contribution in [0.1, 0.15) is 12.5 Å². The van der Waals surface area contributed by atoms with Gasteiger partial charge in [0, 0.05) is 22.5 Å². The monoisotopic (exact) mass is 409 g/mol. The molecule has 0 unspecified atom stereocenters. The summed E-state index contributed by atoms with van der Waals surface area (Å²) in [7, 11) is 0. The second kappa shape index (κ2) is 8.05. The first kappa shape index (κ1) is 18.5. The Morgan fingerprint density at radius 3 is 2.60 bits per heavy atom. The number of aryl methyl sites for hydroxylation is 1. The van der Waals surface area contributed by atoms with Gasteiger partial charge in [-0.25, -0.2) is 9.97 Å². The number of aromatic nitrogens is 2. The lowest BCUT2D eigenvalue weighted by Crippen LogP contribution is -2.05. The van der Waals surface area contributed by atoms with E-state index in [0.29, 0.717) is 11.4 Å². The molecule has 3 heterocycles. The molecule has 0 radical (unpaired) electrons. The summed E-state index contributed by atoms with van der Waals surface area (Å²) in [4.78, 5) is 13.9. The molecule has 0 saturated heterocycles. The number of hydrogen-bond donors (Lipinski definition) is 0. The molecule has 2 aromatic carbocycles. The van der Waals surface area contributed by atoms with E-state index in [1.165, 1.54) is 5.56 Å². The lowest BCUT2D eigenvalue weighted by atomic mass is 10.1. The van der Waals surface area contributed by atoms with Crippen LogP contribution in [0.15, 0.2) is 93.8 Å². The van der Waals surface area contributed by atoms with Crippen LogP contribution in [0.2, 0.25) is 0 Å². The van der Waals surface area contributed by atoms with Crippen molar-refractivity contribution in [2.45, 2.75) is 13.3 Å². The molecule has 0 aliphatic carbocycles. The Balaban J connectivity index is 1.65. The van der Waals surface area contributed by atoms with E-state index in [0.717, 1.165) is 39.2 Å². The van der Waals surface area contributed by atoms with E-state index in [1.807, 2.05) is 42.5 Å². The van der Waals surface area contributed by atoms with E-state index in [2.05, 4.69) is 52.6 Å². The third kappa shape index (κ3) is 3.67. The van der Waals surface area contributed by atoms with Gasteiger partial charge in [-0.05, 0) is 36.2 Å². The largest absolute Gasteiger partial charge is 0.438 e. The minimum Gasteiger partial charge on any atom is -0.438 e. The smallest absolute Gasteiger partial charge is 0.231 e.